The standard InChI is InChI=1S/C11H16N4O2S3/c1-4-9-13-14-11(19-9)15-20(16,17)10-7(2)6-18-8(10)5-12-3/h6,12H,4-5H2,1-3H3,(H,14,15). The molecule has 0 unspecified atom stereocenters. The van der Waals surface area contributed by atoms with Crippen LogP contribution in [0, 0.1) is 6.92 Å². The maximum atomic E-state index is 12.5. The van der Waals surface area contributed by atoms with Crippen LogP contribution in [0.5, 0.6) is 0 Å². The van der Waals surface area contributed by atoms with E-state index in [1.165, 1.54) is 22.7 Å². The highest BCUT2D eigenvalue weighted by molar-refractivity contribution is 7.93. The molecule has 0 aromatic carbocycles. The van der Waals surface area contributed by atoms with Crippen LogP contribution in [-0.2, 0) is 23.0 Å². The Bertz CT molecular complexity index is 690. The molecule has 0 aliphatic carbocycles. The summed E-state index contributed by atoms with van der Waals surface area (Å²) in [4.78, 5) is 1.13. The lowest BCUT2D eigenvalue weighted by molar-refractivity contribution is 0.599. The molecule has 2 aromatic heterocycles. The maximum absolute atomic E-state index is 12.5. The monoisotopic (exact) mass is 332 g/mol. The van der Waals surface area contributed by atoms with Crippen molar-refractivity contribution in [1.29, 1.82) is 0 Å². The summed E-state index contributed by atoms with van der Waals surface area (Å²) in [6.45, 7) is 4.26. The molecule has 0 fully saturated rings. The molecule has 0 atom stereocenters. The second-order valence-electron chi connectivity index (χ2n) is 4.16. The van der Waals surface area contributed by atoms with Crippen molar-refractivity contribution in [3.8, 4) is 0 Å². The van der Waals surface area contributed by atoms with E-state index in [4.69, 9.17) is 0 Å². The molecule has 20 heavy (non-hydrogen) atoms. The minimum atomic E-state index is -3.62. The van der Waals surface area contributed by atoms with E-state index in [1.54, 1.807) is 14.0 Å². The number of aromatic nitrogens is 2. The molecule has 0 amide bonds. The third-order valence-corrected chi connectivity index (χ3v) is 6.50. The second kappa shape index (κ2) is 6.17. The lowest BCUT2D eigenvalue weighted by Gasteiger charge is -2.07. The minimum absolute atomic E-state index is 0.308. The van der Waals surface area contributed by atoms with Crippen LogP contribution in [0.3, 0.4) is 0 Å². The molecule has 0 saturated carbocycles. The van der Waals surface area contributed by atoms with Gasteiger partial charge in [0.25, 0.3) is 10.0 Å². The average Bonchev–Trinajstić information content (AvgIpc) is 2.96. The van der Waals surface area contributed by atoms with Gasteiger partial charge in [-0.15, -0.1) is 21.5 Å². The van der Waals surface area contributed by atoms with E-state index in [0.717, 1.165) is 21.9 Å². The van der Waals surface area contributed by atoms with Gasteiger partial charge in [-0.05, 0) is 31.3 Å². The molecule has 0 spiro atoms. The predicted octanol–water partition coefficient (Wildman–Crippen LogP) is 1.99. The van der Waals surface area contributed by atoms with E-state index < -0.39 is 10.0 Å². The Hall–Kier alpha value is -1.03. The van der Waals surface area contributed by atoms with Crippen molar-refractivity contribution < 1.29 is 8.42 Å². The summed E-state index contributed by atoms with van der Waals surface area (Å²) in [6.07, 6.45) is 0.738. The van der Waals surface area contributed by atoms with Crippen molar-refractivity contribution in [2.75, 3.05) is 11.8 Å². The van der Waals surface area contributed by atoms with Gasteiger partial charge >= 0.3 is 0 Å². The van der Waals surface area contributed by atoms with Gasteiger partial charge in [-0.1, -0.05) is 18.3 Å². The van der Waals surface area contributed by atoms with Crippen molar-refractivity contribution in [2.45, 2.75) is 31.7 Å². The van der Waals surface area contributed by atoms with Crippen molar-refractivity contribution in [2.24, 2.45) is 0 Å². The van der Waals surface area contributed by atoms with Gasteiger partial charge in [0.05, 0.1) is 0 Å². The Balaban J connectivity index is 2.32. The lowest BCUT2D eigenvalue weighted by Crippen LogP contribution is -2.16. The highest BCUT2D eigenvalue weighted by atomic mass is 32.2. The van der Waals surface area contributed by atoms with Crippen LogP contribution in [0.4, 0.5) is 5.13 Å². The summed E-state index contributed by atoms with van der Waals surface area (Å²) >= 11 is 2.69. The number of rotatable bonds is 6. The average molecular weight is 332 g/mol. The first-order chi connectivity index (χ1) is 9.47. The quantitative estimate of drug-likeness (QED) is 0.845. The topological polar surface area (TPSA) is 84.0 Å². The van der Waals surface area contributed by atoms with Crippen molar-refractivity contribution in [1.82, 2.24) is 15.5 Å². The Morgan fingerprint density at radius 2 is 2.10 bits per heavy atom. The van der Waals surface area contributed by atoms with Crippen molar-refractivity contribution >= 4 is 37.8 Å². The highest BCUT2D eigenvalue weighted by Crippen LogP contribution is 2.29. The maximum Gasteiger partial charge on any atom is 0.265 e. The molecule has 0 aliphatic rings. The van der Waals surface area contributed by atoms with Gasteiger partial charge in [-0.2, -0.15) is 0 Å². The van der Waals surface area contributed by atoms with Crippen molar-refractivity contribution in [3.63, 3.8) is 0 Å². The van der Waals surface area contributed by atoms with Crippen LogP contribution in [0.15, 0.2) is 10.3 Å². The summed E-state index contributed by atoms with van der Waals surface area (Å²) in [6, 6.07) is 0. The van der Waals surface area contributed by atoms with Crippen LogP contribution in [0.25, 0.3) is 0 Å². The Morgan fingerprint density at radius 3 is 2.70 bits per heavy atom. The summed E-state index contributed by atoms with van der Waals surface area (Å²) in [5.74, 6) is 0. The van der Waals surface area contributed by atoms with E-state index in [1.807, 2.05) is 12.3 Å². The van der Waals surface area contributed by atoms with E-state index >= 15 is 0 Å². The fourth-order valence-corrected chi connectivity index (χ4v) is 5.47. The fourth-order valence-electron chi connectivity index (χ4n) is 1.73. The number of hydrogen-bond donors (Lipinski definition) is 2. The van der Waals surface area contributed by atoms with Gasteiger partial charge in [0.2, 0.25) is 5.13 Å². The van der Waals surface area contributed by atoms with E-state index in [2.05, 4.69) is 20.2 Å². The first kappa shape index (κ1) is 15.4. The molecule has 6 nitrogen and oxygen atoms in total. The van der Waals surface area contributed by atoms with Gasteiger partial charge < -0.3 is 5.32 Å². The number of sulfonamides is 1. The van der Waals surface area contributed by atoms with Crippen LogP contribution in [-0.4, -0.2) is 25.7 Å². The third kappa shape index (κ3) is 3.17. The number of nitrogens with zero attached hydrogens (tertiary/aromatic N) is 2. The molecule has 0 bridgehead atoms. The van der Waals surface area contributed by atoms with Crippen LogP contribution >= 0.6 is 22.7 Å². The number of aryl methyl sites for hydroxylation is 2. The van der Waals surface area contributed by atoms with E-state index in [-0.39, 0.29) is 0 Å². The second-order valence-corrected chi connectivity index (χ2v) is 7.81. The van der Waals surface area contributed by atoms with Gasteiger partial charge in [0, 0.05) is 11.4 Å². The Labute approximate surface area is 126 Å². The van der Waals surface area contributed by atoms with Crippen molar-refractivity contribution in [3.05, 3.63) is 20.8 Å². The lowest BCUT2D eigenvalue weighted by atomic mass is 10.3. The molecule has 2 aromatic rings. The highest BCUT2D eigenvalue weighted by Gasteiger charge is 2.24. The summed E-state index contributed by atoms with van der Waals surface area (Å²) in [7, 11) is -1.83. The first-order valence-corrected chi connectivity index (χ1v) is 9.22. The Kier molecular flexibility index (Phi) is 4.74. The SMILES string of the molecule is CCc1nnc(NS(=O)(=O)c2c(C)csc2CNC)s1. The molecule has 110 valence electrons. The van der Waals surface area contributed by atoms with E-state index in [9.17, 15) is 8.42 Å². The molecule has 0 aliphatic heterocycles. The molecule has 2 rings (SSSR count). The van der Waals surface area contributed by atoms with Gasteiger partial charge in [-0.25, -0.2) is 8.42 Å². The minimum Gasteiger partial charge on any atom is -0.315 e. The zero-order valence-corrected chi connectivity index (χ0v) is 13.9. The fraction of sp³-hybridized carbons (Fsp3) is 0.455. The zero-order valence-electron chi connectivity index (χ0n) is 11.4. The molecule has 9 heteroatoms. The van der Waals surface area contributed by atoms with Gasteiger partial charge in [-0.3, -0.25) is 4.72 Å². The van der Waals surface area contributed by atoms with E-state index in [0.29, 0.717) is 16.6 Å². The summed E-state index contributed by atoms with van der Waals surface area (Å²) in [5.41, 5.74) is 0.744. The number of nitrogens with one attached hydrogen (secondary N) is 2. The molecule has 0 radical (unpaired) electrons. The number of thiophene rings is 1. The summed E-state index contributed by atoms with van der Waals surface area (Å²) in [5, 5.41) is 13.7. The molecule has 0 saturated heterocycles. The normalized spacial score (nSPS) is 11.8. The third-order valence-electron chi connectivity index (χ3n) is 2.59. The molecule has 2 heterocycles. The first-order valence-electron chi connectivity index (χ1n) is 6.04. The smallest absolute Gasteiger partial charge is 0.265 e. The molecule has 2 N–H and O–H groups in total. The Morgan fingerprint density at radius 1 is 1.35 bits per heavy atom. The van der Waals surface area contributed by atoms with Crippen LogP contribution in [0.1, 0.15) is 22.4 Å². The van der Waals surface area contributed by atoms with Gasteiger partial charge in [0.1, 0.15) is 9.90 Å². The molecular formula is C11H16N4O2S3. The van der Waals surface area contributed by atoms with Crippen LogP contribution in [0.2, 0.25) is 0 Å². The number of hydrogen-bond acceptors (Lipinski definition) is 7. The van der Waals surface area contributed by atoms with Crippen LogP contribution < -0.4 is 10.0 Å². The zero-order chi connectivity index (χ0) is 14.8. The largest absolute Gasteiger partial charge is 0.315 e. The predicted molar refractivity (Wildman–Crippen MR) is 81.9 cm³/mol. The summed E-state index contributed by atoms with van der Waals surface area (Å²) < 4.78 is 27.5. The number of anilines is 1. The molecular weight excluding hydrogens is 316 g/mol. The van der Waals surface area contributed by atoms with Gasteiger partial charge in [0.15, 0.2) is 0 Å².